The van der Waals surface area contributed by atoms with Crippen LogP contribution < -0.4 is 15.0 Å². The SMILES string of the molecule is O=C(CC12CC(F)(C1)C2)N(CC12CCC(c3ccc(C(F)(F)F)cn3)(CC1)CC2)c1cccc(Nc2ncc(OC(F)F)cn2)c1. The first-order valence-electron chi connectivity index (χ1n) is 15.4. The second kappa shape index (κ2) is 10.8. The van der Waals surface area contributed by atoms with Crippen LogP contribution in [0.4, 0.5) is 43.7 Å². The molecular formula is C33H33F6N5O2. The van der Waals surface area contributed by atoms with E-state index < -0.39 is 24.0 Å². The van der Waals surface area contributed by atoms with E-state index in [4.69, 9.17) is 0 Å². The molecule has 46 heavy (non-hydrogen) atoms. The molecular weight excluding hydrogens is 612 g/mol. The van der Waals surface area contributed by atoms with E-state index in [0.29, 0.717) is 42.9 Å². The number of carbonyl (C=O) groups is 1. The molecule has 6 aliphatic carbocycles. The first kappa shape index (κ1) is 30.7. The lowest BCUT2D eigenvalue weighted by atomic mass is 9.41. The lowest BCUT2D eigenvalue weighted by Gasteiger charge is -2.66. The number of pyridine rings is 1. The average Bonchev–Trinajstić information content (AvgIpc) is 3.00. The number of nitrogens with one attached hydrogen (secondary N) is 1. The van der Waals surface area contributed by atoms with Gasteiger partial charge >= 0.3 is 12.8 Å². The van der Waals surface area contributed by atoms with E-state index in [1.54, 1.807) is 12.1 Å². The predicted molar refractivity (Wildman–Crippen MR) is 157 cm³/mol. The molecule has 0 radical (unpaired) electrons. The Balaban J connectivity index is 1.09. The van der Waals surface area contributed by atoms with Crippen molar-refractivity contribution in [1.82, 2.24) is 15.0 Å². The van der Waals surface area contributed by atoms with Gasteiger partial charge in [0.25, 0.3) is 0 Å². The second-order valence-electron chi connectivity index (χ2n) is 13.8. The van der Waals surface area contributed by atoms with Crippen LogP contribution in [0.25, 0.3) is 0 Å². The first-order valence-corrected chi connectivity index (χ1v) is 15.4. The minimum Gasteiger partial charge on any atom is -0.432 e. The minimum atomic E-state index is -4.44. The molecule has 0 saturated heterocycles. The molecule has 244 valence electrons. The third-order valence-corrected chi connectivity index (χ3v) is 10.7. The Morgan fingerprint density at radius 1 is 0.913 bits per heavy atom. The van der Waals surface area contributed by atoms with Crippen LogP contribution in [0.15, 0.2) is 55.0 Å². The zero-order chi connectivity index (χ0) is 32.4. The Kier molecular flexibility index (Phi) is 7.24. The fourth-order valence-corrected chi connectivity index (χ4v) is 8.31. The van der Waals surface area contributed by atoms with Gasteiger partial charge in [-0.05, 0) is 98.9 Å². The summed E-state index contributed by atoms with van der Waals surface area (Å²) in [5.74, 6) is -0.0814. The van der Waals surface area contributed by atoms with Gasteiger partial charge in [0.15, 0.2) is 5.75 Å². The highest BCUT2D eigenvalue weighted by Crippen LogP contribution is 2.71. The van der Waals surface area contributed by atoms with Gasteiger partial charge in [-0.3, -0.25) is 9.78 Å². The highest BCUT2D eigenvalue weighted by atomic mass is 19.4. The van der Waals surface area contributed by atoms with Crippen LogP contribution in [0.3, 0.4) is 0 Å². The first-order chi connectivity index (χ1) is 21.8. The third kappa shape index (κ3) is 5.77. The van der Waals surface area contributed by atoms with Crippen molar-refractivity contribution in [2.24, 2.45) is 10.8 Å². The maximum absolute atomic E-state index is 14.3. The van der Waals surface area contributed by atoms with E-state index in [1.807, 2.05) is 17.0 Å². The van der Waals surface area contributed by atoms with Crippen molar-refractivity contribution < 1.29 is 35.9 Å². The number of ether oxygens (including phenoxy) is 1. The summed E-state index contributed by atoms with van der Waals surface area (Å²) in [6, 6.07) is 9.85. The number of hydrogen-bond acceptors (Lipinski definition) is 6. The molecule has 13 heteroatoms. The van der Waals surface area contributed by atoms with Gasteiger partial charge in [0.2, 0.25) is 11.9 Å². The third-order valence-electron chi connectivity index (χ3n) is 10.7. The van der Waals surface area contributed by atoms with Crippen molar-refractivity contribution in [3.8, 4) is 5.75 Å². The number of hydrogen-bond donors (Lipinski definition) is 1. The van der Waals surface area contributed by atoms with Gasteiger partial charge in [-0.25, -0.2) is 14.4 Å². The molecule has 7 nitrogen and oxygen atoms in total. The largest absolute Gasteiger partial charge is 0.432 e. The number of benzene rings is 1. The molecule has 0 unspecified atom stereocenters. The van der Waals surface area contributed by atoms with Crippen LogP contribution >= 0.6 is 0 Å². The second-order valence-corrected chi connectivity index (χ2v) is 13.8. The van der Waals surface area contributed by atoms with Crippen molar-refractivity contribution >= 4 is 23.2 Å². The molecule has 2 heterocycles. The quantitative estimate of drug-likeness (QED) is 0.224. The highest BCUT2D eigenvalue weighted by molar-refractivity contribution is 5.94. The summed E-state index contributed by atoms with van der Waals surface area (Å²) in [7, 11) is 0. The molecule has 4 bridgehead atoms. The number of anilines is 3. The number of fused-ring (bicyclic) bond motifs is 3. The standard InChI is InChI=1S/C33H33F6N5O2/c34-27(35)46-24-15-41-28(42-16-24)43-22-2-1-3-23(12-22)44(26(45)13-30-17-32(36,18-30)19-30)20-29-6-9-31(10-7-29,11-8-29)25-5-4-21(14-40-25)33(37,38)39/h1-5,12,14-16,27H,6-11,13,17-20H2,(H,41,42,43). The molecule has 1 aromatic carbocycles. The van der Waals surface area contributed by atoms with Crippen LogP contribution in [0.5, 0.6) is 5.75 Å². The Morgan fingerprint density at radius 3 is 2.15 bits per heavy atom. The monoisotopic (exact) mass is 645 g/mol. The summed E-state index contributed by atoms with van der Waals surface area (Å²) in [6.45, 7) is -2.52. The van der Waals surface area contributed by atoms with Crippen LogP contribution in [-0.4, -0.2) is 39.7 Å². The number of alkyl halides is 6. The van der Waals surface area contributed by atoms with E-state index in [1.165, 1.54) is 6.07 Å². The molecule has 1 N–H and O–H groups in total. The summed E-state index contributed by atoms with van der Waals surface area (Å²) in [4.78, 5) is 28.1. The fraction of sp³-hybridized carbons (Fsp3) is 0.515. The number of halogens is 6. The van der Waals surface area contributed by atoms with Crippen LogP contribution in [-0.2, 0) is 16.4 Å². The fourth-order valence-electron chi connectivity index (χ4n) is 8.31. The van der Waals surface area contributed by atoms with E-state index in [0.717, 1.165) is 63.2 Å². The van der Waals surface area contributed by atoms with Crippen molar-refractivity contribution in [1.29, 1.82) is 0 Å². The number of nitrogens with zero attached hydrogens (tertiary/aromatic N) is 4. The lowest BCUT2D eigenvalue weighted by molar-refractivity contribution is -0.215. The van der Waals surface area contributed by atoms with Crippen LogP contribution in [0.1, 0.15) is 75.5 Å². The average molecular weight is 646 g/mol. The molecule has 6 aliphatic rings. The summed E-state index contributed by atoms with van der Waals surface area (Å²) < 4.78 is 83.0. The van der Waals surface area contributed by atoms with Gasteiger partial charge in [-0.2, -0.15) is 22.0 Å². The number of rotatable bonds is 10. The maximum atomic E-state index is 14.3. The van der Waals surface area contributed by atoms with Crippen molar-refractivity contribution in [2.45, 2.75) is 88.1 Å². The van der Waals surface area contributed by atoms with Crippen LogP contribution in [0, 0.1) is 10.8 Å². The Labute approximate surface area is 261 Å². The van der Waals surface area contributed by atoms with E-state index >= 15 is 0 Å². The van der Waals surface area contributed by atoms with Gasteiger partial charge in [0.1, 0.15) is 5.67 Å². The Bertz CT molecular complexity index is 1570. The summed E-state index contributed by atoms with van der Waals surface area (Å²) in [6.07, 6.45) is 4.98. The molecule has 0 spiro atoms. The predicted octanol–water partition coefficient (Wildman–Crippen LogP) is 8.14. The molecule has 2 aromatic heterocycles. The lowest BCUT2D eigenvalue weighted by Crippen LogP contribution is -2.65. The van der Waals surface area contributed by atoms with Crippen molar-refractivity contribution in [3.63, 3.8) is 0 Å². The summed E-state index contributed by atoms with van der Waals surface area (Å²) in [5, 5.41) is 3.04. The molecule has 0 aliphatic heterocycles. The molecule has 0 atom stereocenters. The Morgan fingerprint density at radius 2 is 1.59 bits per heavy atom. The van der Waals surface area contributed by atoms with Crippen molar-refractivity contribution in [3.05, 3.63) is 66.2 Å². The number of aromatic nitrogens is 3. The molecule has 3 aromatic rings. The van der Waals surface area contributed by atoms with E-state index in [-0.39, 0.29) is 40.3 Å². The highest BCUT2D eigenvalue weighted by Gasteiger charge is 2.69. The van der Waals surface area contributed by atoms with Gasteiger partial charge in [-0.1, -0.05) is 6.07 Å². The molecule has 9 rings (SSSR count). The van der Waals surface area contributed by atoms with Gasteiger partial charge in [0.05, 0.1) is 18.0 Å². The van der Waals surface area contributed by atoms with Crippen LogP contribution in [0.2, 0.25) is 0 Å². The summed E-state index contributed by atoms with van der Waals surface area (Å²) >= 11 is 0. The summed E-state index contributed by atoms with van der Waals surface area (Å²) in [5.41, 5.74) is -0.661. The number of amides is 1. The zero-order valence-corrected chi connectivity index (χ0v) is 24.9. The topological polar surface area (TPSA) is 80.2 Å². The molecule has 6 fully saturated rings. The molecule has 6 saturated carbocycles. The van der Waals surface area contributed by atoms with Gasteiger partial charge < -0.3 is 15.0 Å². The normalized spacial score (nSPS) is 29.5. The maximum Gasteiger partial charge on any atom is 0.417 e. The minimum absolute atomic E-state index is 0.0650. The number of carbonyl (C=O) groups excluding carboxylic acids is 1. The van der Waals surface area contributed by atoms with Gasteiger partial charge in [-0.15, -0.1) is 0 Å². The molecule has 1 amide bonds. The Hall–Kier alpha value is -3.90. The zero-order valence-electron chi connectivity index (χ0n) is 24.9. The smallest absolute Gasteiger partial charge is 0.417 e. The van der Waals surface area contributed by atoms with E-state index in [2.05, 4.69) is 25.0 Å². The van der Waals surface area contributed by atoms with E-state index in [9.17, 15) is 31.1 Å². The van der Waals surface area contributed by atoms with Crippen molar-refractivity contribution in [2.75, 3.05) is 16.8 Å². The van der Waals surface area contributed by atoms with Gasteiger partial charge in [0, 0.05) is 41.6 Å².